The molecule has 0 aliphatic heterocycles. The molecule has 0 saturated carbocycles. The third-order valence-corrected chi connectivity index (χ3v) is 4.47. The molecule has 0 spiro atoms. The molecule has 5 heteroatoms. The van der Waals surface area contributed by atoms with Crippen LogP contribution >= 0.6 is 11.3 Å². The number of aromatic nitrogens is 2. The van der Waals surface area contributed by atoms with Crippen molar-refractivity contribution in [1.29, 1.82) is 0 Å². The van der Waals surface area contributed by atoms with E-state index in [1.807, 2.05) is 30.6 Å². The van der Waals surface area contributed by atoms with Gasteiger partial charge in [0.1, 0.15) is 10.8 Å². The van der Waals surface area contributed by atoms with Crippen LogP contribution in [0.2, 0.25) is 0 Å². The van der Waals surface area contributed by atoms with Crippen molar-refractivity contribution in [3.63, 3.8) is 0 Å². The lowest BCUT2D eigenvalue weighted by atomic mass is 10.1. The van der Waals surface area contributed by atoms with Gasteiger partial charge < -0.3 is 15.0 Å². The summed E-state index contributed by atoms with van der Waals surface area (Å²) in [6, 6.07) is 12.3. The highest BCUT2D eigenvalue weighted by Crippen LogP contribution is 2.24. The molecule has 0 aliphatic carbocycles. The van der Waals surface area contributed by atoms with Gasteiger partial charge in [-0.1, -0.05) is 12.1 Å². The molecule has 3 aromatic rings. The van der Waals surface area contributed by atoms with Crippen LogP contribution in [0.25, 0.3) is 10.6 Å². The average molecular weight is 313 g/mol. The van der Waals surface area contributed by atoms with E-state index in [9.17, 15) is 0 Å². The minimum absolute atomic E-state index is 0.807. The lowest BCUT2D eigenvalue weighted by Crippen LogP contribution is -2.16. The Morgan fingerprint density at radius 2 is 2.09 bits per heavy atom. The van der Waals surface area contributed by atoms with Crippen LogP contribution in [0.15, 0.2) is 48.8 Å². The minimum atomic E-state index is 0.807. The van der Waals surface area contributed by atoms with Gasteiger partial charge in [-0.05, 0) is 42.8 Å². The van der Waals surface area contributed by atoms with Gasteiger partial charge in [0.15, 0.2) is 0 Å². The maximum Gasteiger partial charge on any atom is 0.118 e. The number of benzene rings is 1. The highest BCUT2D eigenvalue weighted by Gasteiger charge is 2.04. The van der Waals surface area contributed by atoms with Gasteiger partial charge >= 0.3 is 0 Å². The predicted molar refractivity (Wildman–Crippen MR) is 90.3 cm³/mol. The van der Waals surface area contributed by atoms with Crippen LogP contribution in [0.5, 0.6) is 5.75 Å². The predicted octanol–water partition coefficient (Wildman–Crippen LogP) is 3.48. The van der Waals surface area contributed by atoms with Crippen LogP contribution in [0.1, 0.15) is 10.6 Å². The summed E-state index contributed by atoms with van der Waals surface area (Å²) in [6.07, 6.45) is 4.86. The van der Waals surface area contributed by atoms with Crippen molar-refractivity contribution in [3.05, 3.63) is 59.4 Å². The molecule has 0 bridgehead atoms. The molecular weight excluding hydrogens is 294 g/mol. The Balaban J connectivity index is 1.45. The van der Waals surface area contributed by atoms with E-state index in [1.54, 1.807) is 18.4 Å². The first-order chi connectivity index (χ1) is 10.8. The van der Waals surface area contributed by atoms with E-state index in [-0.39, 0.29) is 0 Å². The number of nitrogens with one attached hydrogen (secondary N) is 2. The Labute approximate surface area is 134 Å². The molecule has 0 fully saturated rings. The van der Waals surface area contributed by atoms with Crippen LogP contribution < -0.4 is 10.1 Å². The highest BCUT2D eigenvalue weighted by molar-refractivity contribution is 7.15. The van der Waals surface area contributed by atoms with E-state index in [0.717, 1.165) is 36.0 Å². The third kappa shape index (κ3) is 3.75. The fourth-order valence-corrected chi connectivity index (χ4v) is 3.10. The van der Waals surface area contributed by atoms with Crippen LogP contribution in [0.3, 0.4) is 0 Å². The van der Waals surface area contributed by atoms with Gasteiger partial charge in [-0.3, -0.25) is 0 Å². The zero-order valence-electron chi connectivity index (χ0n) is 12.5. The van der Waals surface area contributed by atoms with Crippen molar-refractivity contribution in [2.24, 2.45) is 0 Å². The molecule has 0 saturated heterocycles. The molecule has 0 radical (unpaired) electrons. The first-order valence-electron chi connectivity index (χ1n) is 7.27. The van der Waals surface area contributed by atoms with Gasteiger partial charge in [-0.2, -0.15) is 0 Å². The molecule has 2 N–H and O–H groups in total. The molecule has 3 rings (SSSR count). The number of thiazole rings is 1. The van der Waals surface area contributed by atoms with E-state index in [1.165, 1.54) is 10.4 Å². The van der Waals surface area contributed by atoms with Crippen LogP contribution in [0, 0.1) is 0 Å². The van der Waals surface area contributed by atoms with E-state index >= 15 is 0 Å². The topological polar surface area (TPSA) is 49.9 Å². The molecule has 1 aromatic carbocycles. The molecule has 2 aromatic heterocycles. The van der Waals surface area contributed by atoms with E-state index in [2.05, 4.69) is 33.5 Å². The Kier molecular flexibility index (Phi) is 4.88. The van der Waals surface area contributed by atoms with E-state index in [4.69, 9.17) is 4.74 Å². The number of H-pyrrole nitrogens is 1. The second-order valence-corrected chi connectivity index (χ2v) is 6.09. The zero-order valence-corrected chi connectivity index (χ0v) is 13.3. The van der Waals surface area contributed by atoms with Crippen molar-refractivity contribution in [2.75, 3.05) is 13.7 Å². The van der Waals surface area contributed by atoms with Gasteiger partial charge in [0.2, 0.25) is 0 Å². The summed E-state index contributed by atoms with van der Waals surface area (Å²) in [6.45, 7) is 1.74. The molecular formula is C17H19N3OS. The lowest BCUT2D eigenvalue weighted by molar-refractivity contribution is 0.414. The SMILES string of the molecule is COc1ccc(CCNCc2ncc(-c3ccc[nH]3)s2)cc1. The van der Waals surface area contributed by atoms with Gasteiger partial charge in [-0.15, -0.1) is 11.3 Å². The van der Waals surface area contributed by atoms with Crippen molar-refractivity contribution in [1.82, 2.24) is 15.3 Å². The standard InChI is InChI=1S/C17H19N3OS/c1-21-14-6-4-13(5-7-14)8-10-18-12-17-20-11-16(22-17)15-3-2-9-19-15/h2-7,9,11,18-19H,8,10,12H2,1H3. The molecule has 2 heterocycles. The van der Waals surface area contributed by atoms with Crippen molar-refractivity contribution < 1.29 is 4.74 Å². The number of ether oxygens (including phenoxy) is 1. The maximum absolute atomic E-state index is 5.16. The molecule has 0 amide bonds. The van der Waals surface area contributed by atoms with Gasteiger partial charge in [-0.25, -0.2) is 4.98 Å². The molecule has 114 valence electrons. The Morgan fingerprint density at radius 1 is 1.23 bits per heavy atom. The fourth-order valence-electron chi connectivity index (χ4n) is 2.22. The van der Waals surface area contributed by atoms with Crippen LogP contribution in [-0.4, -0.2) is 23.6 Å². The van der Waals surface area contributed by atoms with Crippen molar-refractivity contribution in [3.8, 4) is 16.3 Å². The summed E-state index contributed by atoms with van der Waals surface area (Å²) >= 11 is 1.72. The maximum atomic E-state index is 5.16. The molecule has 0 aliphatic rings. The van der Waals surface area contributed by atoms with E-state index < -0.39 is 0 Å². The number of aromatic amines is 1. The third-order valence-electron chi connectivity index (χ3n) is 3.44. The Morgan fingerprint density at radius 3 is 2.82 bits per heavy atom. The first kappa shape index (κ1) is 14.8. The molecule has 0 unspecified atom stereocenters. The second-order valence-electron chi connectivity index (χ2n) is 4.98. The summed E-state index contributed by atoms with van der Waals surface area (Å²) in [7, 11) is 1.69. The second kappa shape index (κ2) is 7.24. The quantitative estimate of drug-likeness (QED) is 0.657. The summed E-state index contributed by atoms with van der Waals surface area (Å²) in [4.78, 5) is 8.84. The zero-order chi connectivity index (χ0) is 15.2. The number of nitrogens with zero attached hydrogens (tertiary/aromatic N) is 1. The first-order valence-corrected chi connectivity index (χ1v) is 8.09. The summed E-state index contributed by atoms with van der Waals surface area (Å²) in [5.74, 6) is 0.899. The summed E-state index contributed by atoms with van der Waals surface area (Å²) in [5.41, 5.74) is 2.43. The molecule has 0 atom stereocenters. The van der Waals surface area contributed by atoms with Gasteiger partial charge in [0, 0.05) is 18.9 Å². The number of hydrogen-bond donors (Lipinski definition) is 2. The lowest BCUT2D eigenvalue weighted by Gasteiger charge is -2.04. The monoisotopic (exact) mass is 313 g/mol. The van der Waals surface area contributed by atoms with Gasteiger partial charge in [0.05, 0.1) is 17.7 Å². The van der Waals surface area contributed by atoms with Crippen LogP contribution in [0.4, 0.5) is 0 Å². The van der Waals surface area contributed by atoms with E-state index in [0.29, 0.717) is 0 Å². The average Bonchev–Trinajstić information content (AvgIpc) is 3.23. The fraction of sp³-hybridized carbons (Fsp3) is 0.235. The number of hydrogen-bond acceptors (Lipinski definition) is 4. The smallest absolute Gasteiger partial charge is 0.118 e. The van der Waals surface area contributed by atoms with Crippen molar-refractivity contribution >= 4 is 11.3 Å². The minimum Gasteiger partial charge on any atom is -0.497 e. The van der Waals surface area contributed by atoms with Crippen LogP contribution in [-0.2, 0) is 13.0 Å². The summed E-state index contributed by atoms with van der Waals surface area (Å²) < 4.78 is 5.16. The normalized spacial score (nSPS) is 10.8. The van der Waals surface area contributed by atoms with Gasteiger partial charge in [0.25, 0.3) is 0 Å². The largest absolute Gasteiger partial charge is 0.497 e. The number of rotatable bonds is 7. The molecule has 22 heavy (non-hydrogen) atoms. The Bertz CT molecular complexity index is 689. The van der Waals surface area contributed by atoms with Crippen molar-refractivity contribution in [2.45, 2.75) is 13.0 Å². The molecule has 4 nitrogen and oxygen atoms in total. The number of methoxy groups -OCH3 is 1. The summed E-state index contributed by atoms with van der Waals surface area (Å²) in [5, 5.41) is 4.55. The highest BCUT2D eigenvalue weighted by atomic mass is 32.1. The Hall–Kier alpha value is -2.11.